The van der Waals surface area contributed by atoms with Gasteiger partial charge in [-0.15, -0.1) is 0 Å². The van der Waals surface area contributed by atoms with Crippen LogP contribution in [0.3, 0.4) is 0 Å². The van der Waals surface area contributed by atoms with Crippen molar-refractivity contribution in [2.75, 3.05) is 6.54 Å². The molecule has 0 radical (unpaired) electrons. The summed E-state index contributed by atoms with van der Waals surface area (Å²) in [7, 11) is -3.46. The minimum atomic E-state index is -1.74. The van der Waals surface area contributed by atoms with E-state index >= 15 is 0 Å². The summed E-state index contributed by atoms with van der Waals surface area (Å²) in [4.78, 5) is 1.18. The first-order valence-corrected chi connectivity index (χ1v) is 13.4. The first-order valence-electron chi connectivity index (χ1n) is 11.2. The monoisotopic (exact) mass is 473 g/mol. The van der Waals surface area contributed by atoms with Gasteiger partial charge in [-0.25, -0.2) is 13.4 Å². The molecule has 174 valence electrons. The van der Waals surface area contributed by atoms with Crippen LogP contribution < -0.4 is 0 Å². The second-order valence-corrected chi connectivity index (χ2v) is 10.4. The molecule has 7 heteroatoms. The number of hydrazone groups is 1. The van der Waals surface area contributed by atoms with Crippen LogP contribution in [0.5, 0.6) is 0 Å². The molecule has 2 unspecified atom stereocenters. The van der Waals surface area contributed by atoms with Gasteiger partial charge >= 0.3 is 0 Å². The molecule has 2 atom stereocenters. The molecule has 5 nitrogen and oxygen atoms in total. The minimum absolute atomic E-state index is 0.288. The fourth-order valence-electron chi connectivity index (χ4n) is 3.43. The third-order valence-corrected chi connectivity index (χ3v) is 8.32. The standard InChI is InChI=1S/C25H35N3O2S2/c1-6-11-22-13-9-15-24(19-17-22)31(29)28(21(4)27(8-3)26-5)32(30)25-16-10-14-23(12-7-2)18-20-25/h9,14-20H,4-8,10-13H2,1-3H3. The first kappa shape index (κ1) is 26.0. The average Bonchev–Trinajstić information content (AvgIpc) is 3.16. The summed E-state index contributed by atoms with van der Waals surface area (Å²) >= 11 is 0. The van der Waals surface area contributed by atoms with Crippen molar-refractivity contribution >= 4 is 28.7 Å². The van der Waals surface area contributed by atoms with E-state index in [1.54, 1.807) is 0 Å². The second kappa shape index (κ2) is 13.3. The van der Waals surface area contributed by atoms with Gasteiger partial charge in [-0.3, -0.25) is 0 Å². The third kappa shape index (κ3) is 6.87. The van der Waals surface area contributed by atoms with E-state index in [2.05, 4.69) is 38.3 Å². The van der Waals surface area contributed by atoms with Crippen LogP contribution >= 0.6 is 0 Å². The molecule has 32 heavy (non-hydrogen) atoms. The topological polar surface area (TPSA) is 53.0 Å². The number of hydrogen-bond acceptors (Lipinski definition) is 4. The fraction of sp³-hybridized carbons (Fsp3) is 0.400. The Kier molecular flexibility index (Phi) is 10.8. The molecule has 2 aliphatic rings. The third-order valence-electron chi connectivity index (χ3n) is 5.10. The van der Waals surface area contributed by atoms with E-state index in [4.69, 9.17) is 0 Å². The quantitative estimate of drug-likeness (QED) is 0.252. The molecule has 0 amide bonds. The molecule has 0 aromatic heterocycles. The van der Waals surface area contributed by atoms with Crippen LogP contribution in [-0.2, 0) is 22.0 Å². The number of allylic oxidation sites excluding steroid dienone is 10. The van der Waals surface area contributed by atoms with E-state index in [0.717, 1.165) is 32.1 Å². The van der Waals surface area contributed by atoms with E-state index in [9.17, 15) is 8.42 Å². The highest BCUT2D eigenvalue weighted by Gasteiger charge is 2.29. The molecule has 0 bridgehead atoms. The first-order chi connectivity index (χ1) is 15.5. The van der Waals surface area contributed by atoms with Crippen molar-refractivity contribution in [2.45, 2.75) is 59.3 Å². The summed E-state index contributed by atoms with van der Waals surface area (Å²) < 4.78 is 28.8. The highest BCUT2D eigenvalue weighted by atomic mass is 32.3. The molecule has 0 saturated carbocycles. The predicted octanol–water partition coefficient (Wildman–Crippen LogP) is 6.17. The highest BCUT2D eigenvalue weighted by molar-refractivity contribution is 8.01. The summed E-state index contributed by atoms with van der Waals surface area (Å²) in [6, 6.07) is 0. The Balaban J connectivity index is 2.41. The van der Waals surface area contributed by atoms with E-state index in [1.807, 2.05) is 49.5 Å². The molecule has 0 saturated heterocycles. The normalized spacial score (nSPS) is 17.7. The number of nitrogens with zero attached hydrogens (tertiary/aromatic N) is 3. The lowest BCUT2D eigenvalue weighted by molar-refractivity contribution is 0.348. The highest BCUT2D eigenvalue weighted by Crippen LogP contribution is 2.27. The van der Waals surface area contributed by atoms with E-state index in [-0.39, 0.29) is 5.82 Å². The smallest absolute Gasteiger partial charge is 0.166 e. The van der Waals surface area contributed by atoms with Gasteiger partial charge in [0.1, 0.15) is 5.82 Å². The zero-order valence-corrected chi connectivity index (χ0v) is 21.1. The SMILES string of the molecule is C=NN(CC)C(=C)N(S(=O)C1=CC=C(CCC)CC=C1)S(=O)C1=CCC=C(CCC)C=C1. The Morgan fingerprint density at radius 2 is 1.72 bits per heavy atom. The zero-order valence-electron chi connectivity index (χ0n) is 19.5. The van der Waals surface area contributed by atoms with Crippen molar-refractivity contribution < 1.29 is 8.42 Å². The summed E-state index contributed by atoms with van der Waals surface area (Å²) in [5.74, 6) is 0.288. The van der Waals surface area contributed by atoms with E-state index in [0.29, 0.717) is 22.8 Å². The number of rotatable bonds is 12. The maximum absolute atomic E-state index is 13.7. The Labute approximate surface area is 198 Å². The Morgan fingerprint density at radius 3 is 2.38 bits per heavy atom. The summed E-state index contributed by atoms with van der Waals surface area (Å²) in [5.41, 5.74) is 2.50. The van der Waals surface area contributed by atoms with Crippen molar-refractivity contribution in [2.24, 2.45) is 5.10 Å². The average molecular weight is 474 g/mol. The minimum Gasteiger partial charge on any atom is -0.249 e. The lowest BCUT2D eigenvalue weighted by Gasteiger charge is -2.29. The van der Waals surface area contributed by atoms with Gasteiger partial charge in [-0.1, -0.05) is 74.8 Å². The molecular weight excluding hydrogens is 438 g/mol. The molecule has 0 spiro atoms. The van der Waals surface area contributed by atoms with Crippen LogP contribution in [-0.4, -0.2) is 30.4 Å². The van der Waals surface area contributed by atoms with Gasteiger partial charge in [0.25, 0.3) is 0 Å². The van der Waals surface area contributed by atoms with Gasteiger partial charge in [-0.05, 0) is 50.8 Å². The van der Waals surface area contributed by atoms with Crippen molar-refractivity contribution in [3.8, 4) is 0 Å². The van der Waals surface area contributed by atoms with Gasteiger partial charge in [0.05, 0.1) is 9.81 Å². The van der Waals surface area contributed by atoms with Crippen LogP contribution in [0.4, 0.5) is 0 Å². The Bertz CT molecular complexity index is 939. The van der Waals surface area contributed by atoms with Crippen LogP contribution in [0.15, 0.2) is 87.1 Å². The molecule has 0 N–H and O–H groups in total. The van der Waals surface area contributed by atoms with Crippen molar-refractivity contribution in [3.63, 3.8) is 0 Å². The van der Waals surface area contributed by atoms with E-state index in [1.165, 1.54) is 19.9 Å². The largest absolute Gasteiger partial charge is 0.249 e. The molecule has 0 aromatic carbocycles. The van der Waals surface area contributed by atoms with Gasteiger partial charge in [0.2, 0.25) is 0 Å². The van der Waals surface area contributed by atoms with Crippen LogP contribution in [0.25, 0.3) is 0 Å². The van der Waals surface area contributed by atoms with Crippen molar-refractivity contribution in [1.82, 2.24) is 8.72 Å². The second-order valence-electron chi connectivity index (χ2n) is 7.48. The zero-order chi connectivity index (χ0) is 23.5. The molecule has 0 aromatic rings. The van der Waals surface area contributed by atoms with Gasteiger partial charge in [0.15, 0.2) is 22.0 Å². The summed E-state index contributed by atoms with van der Waals surface area (Å²) in [5, 5.41) is 5.48. The number of hydrogen-bond donors (Lipinski definition) is 0. The van der Waals surface area contributed by atoms with Crippen LogP contribution in [0.1, 0.15) is 59.3 Å². The molecule has 2 rings (SSSR count). The molecule has 0 fully saturated rings. The lowest BCUT2D eigenvalue weighted by atomic mass is 10.1. The fourth-order valence-corrected chi connectivity index (χ4v) is 6.21. The van der Waals surface area contributed by atoms with Crippen molar-refractivity contribution in [3.05, 3.63) is 82.0 Å². The van der Waals surface area contributed by atoms with Gasteiger partial charge in [-0.2, -0.15) is 8.81 Å². The molecule has 0 aliphatic heterocycles. The van der Waals surface area contributed by atoms with Crippen LogP contribution in [0.2, 0.25) is 0 Å². The van der Waals surface area contributed by atoms with Crippen molar-refractivity contribution in [1.29, 1.82) is 0 Å². The summed E-state index contributed by atoms with van der Waals surface area (Å²) in [6.07, 6.45) is 21.2. The molecular formula is C25H35N3O2S2. The Hall–Kier alpha value is -2.25. The van der Waals surface area contributed by atoms with Crippen LogP contribution in [0, 0.1) is 0 Å². The van der Waals surface area contributed by atoms with E-state index < -0.39 is 22.0 Å². The van der Waals surface area contributed by atoms with Gasteiger partial charge in [0, 0.05) is 13.3 Å². The van der Waals surface area contributed by atoms with Gasteiger partial charge < -0.3 is 0 Å². The predicted molar refractivity (Wildman–Crippen MR) is 139 cm³/mol. The molecule has 0 heterocycles. The maximum atomic E-state index is 13.7. The lowest BCUT2D eigenvalue weighted by Crippen LogP contribution is -2.35. The molecule has 2 aliphatic carbocycles. The Morgan fingerprint density at radius 1 is 1.00 bits per heavy atom. The summed E-state index contributed by atoms with van der Waals surface area (Å²) in [6.45, 7) is 14.3. The maximum Gasteiger partial charge on any atom is 0.166 e.